The molecular formula is C8H13Br2NO2. The van der Waals surface area contributed by atoms with Gasteiger partial charge < -0.3 is 9.64 Å². The van der Waals surface area contributed by atoms with Crippen molar-refractivity contribution in [2.75, 3.05) is 31.6 Å². The lowest BCUT2D eigenvalue weighted by atomic mass is 10.3. The first kappa shape index (κ1) is 11.5. The molecule has 1 aliphatic heterocycles. The van der Waals surface area contributed by atoms with Crippen LogP contribution in [0.25, 0.3) is 0 Å². The fourth-order valence-corrected chi connectivity index (χ4v) is 2.79. The van der Waals surface area contributed by atoms with Crippen LogP contribution in [0, 0.1) is 0 Å². The Morgan fingerprint density at radius 3 is 2.62 bits per heavy atom. The van der Waals surface area contributed by atoms with E-state index in [-0.39, 0.29) is 10.7 Å². The Kier molecular flexibility index (Phi) is 5.28. The number of rotatable bonds is 3. The maximum absolute atomic E-state index is 11.7. The Bertz CT molecular complexity index is 172. The topological polar surface area (TPSA) is 29.5 Å². The molecule has 0 aromatic carbocycles. The maximum atomic E-state index is 11.7. The molecule has 1 unspecified atom stereocenters. The van der Waals surface area contributed by atoms with Crippen molar-refractivity contribution in [3.63, 3.8) is 0 Å². The number of carbonyl (C=O) groups excluding carboxylic acids is 1. The van der Waals surface area contributed by atoms with Crippen molar-refractivity contribution >= 4 is 37.8 Å². The first-order valence-electron chi connectivity index (χ1n) is 4.32. The summed E-state index contributed by atoms with van der Waals surface area (Å²) in [5, 5.41) is 0.846. The molecule has 1 rings (SSSR count). The molecule has 3 nitrogen and oxygen atoms in total. The maximum Gasteiger partial charge on any atom is 0.236 e. The minimum atomic E-state index is -0.0509. The van der Waals surface area contributed by atoms with E-state index in [4.69, 9.17) is 4.74 Å². The number of halogens is 2. The van der Waals surface area contributed by atoms with E-state index in [0.717, 1.165) is 24.8 Å². The van der Waals surface area contributed by atoms with Gasteiger partial charge in [-0.2, -0.15) is 0 Å². The second-order valence-corrected chi connectivity index (χ2v) is 4.78. The Morgan fingerprint density at radius 1 is 1.46 bits per heavy atom. The van der Waals surface area contributed by atoms with Gasteiger partial charge in [0.2, 0.25) is 5.91 Å². The van der Waals surface area contributed by atoms with E-state index in [0.29, 0.717) is 13.2 Å². The molecule has 1 atom stereocenters. The molecule has 1 saturated heterocycles. The molecule has 0 spiro atoms. The normalized spacial score (nSPS) is 20.0. The van der Waals surface area contributed by atoms with Crippen molar-refractivity contribution in [2.24, 2.45) is 0 Å². The van der Waals surface area contributed by atoms with E-state index in [9.17, 15) is 4.79 Å². The number of carbonyl (C=O) groups is 1. The lowest BCUT2D eigenvalue weighted by molar-refractivity contribution is -0.134. The van der Waals surface area contributed by atoms with Gasteiger partial charge >= 0.3 is 0 Å². The monoisotopic (exact) mass is 313 g/mol. The zero-order valence-corrected chi connectivity index (χ0v) is 10.5. The second kappa shape index (κ2) is 5.98. The van der Waals surface area contributed by atoms with E-state index in [1.165, 1.54) is 0 Å². The minimum Gasteiger partial charge on any atom is -0.378 e. The summed E-state index contributed by atoms with van der Waals surface area (Å²) in [6.07, 6.45) is 0.830. The van der Waals surface area contributed by atoms with Crippen LogP contribution >= 0.6 is 31.9 Å². The molecule has 1 aliphatic rings. The number of ether oxygens (including phenoxy) is 1. The van der Waals surface area contributed by atoms with Gasteiger partial charge in [0, 0.05) is 18.4 Å². The van der Waals surface area contributed by atoms with Crippen LogP contribution in [-0.2, 0) is 9.53 Å². The molecule has 0 aromatic heterocycles. The summed E-state index contributed by atoms with van der Waals surface area (Å²) in [6.45, 7) is 2.78. The zero-order valence-electron chi connectivity index (χ0n) is 7.34. The van der Waals surface area contributed by atoms with Crippen molar-refractivity contribution in [2.45, 2.75) is 11.2 Å². The van der Waals surface area contributed by atoms with Crippen LogP contribution in [0.1, 0.15) is 6.42 Å². The molecule has 0 radical (unpaired) electrons. The van der Waals surface area contributed by atoms with Crippen LogP contribution in [0.15, 0.2) is 0 Å². The summed E-state index contributed by atoms with van der Waals surface area (Å²) in [6, 6.07) is 0. The van der Waals surface area contributed by atoms with E-state index < -0.39 is 0 Å². The summed E-state index contributed by atoms with van der Waals surface area (Å²) >= 11 is 6.69. The van der Waals surface area contributed by atoms with E-state index in [1.807, 2.05) is 4.90 Å². The predicted octanol–water partition coefficient (Wildman–Crippen LogP) is 1.39. The molecule has 0 N–H and O–H groups in total. The zero-order chi connectivity index (χ0) is 9.68. The molecule has 0 aromatic rings. The number of alkyl halides is 2. The molecular weight excluding hydrogens is 302 g/mol. The fourth-order valence-electron chi connectivity index (χ4n) is 1.20. The van der Waals surface area contributed by atoms with Gasteiger partial charge in [-0.15, -0.1) is 0 Å². The summed E-state index contributed by atoms with van der Waals surface area (Å²) in [5.41, 5.74) is 0. The van der Waals surface area contributed by atoms with Gasteiger partial charge in [-0.05, 0) is 6.42 Å². The molecule has 76 valence electrons. The predicted molar refractivity (Wildman–Crippen MR) is 58.5 cm³/mol. The SMILES string of the molecule is O=C(C(Br)CCBr)N1CCOCC1. The lowest BCUT2D eigenvalue weighted by Crippen LogP contribution is -2.44. The fraction of sp³-hybridized carbons (Fsp3) is 0.875. The van der Waals surface area contributed by atoms with Gasteiger partial charge in [0.05, 0.1) is 18.0 Å². The summed E-state index contributed by atoms with van der Waals surface area (Å²) in [5.74, 6) is 0.183. The van der Waals surface area contributed by atoms with Crippen LogP contribution < -0.4 is 0 Å². The van der Waals surface area contributed by atoms with Gasteiger partial charge in [-0.3, -0.25) is 4.79 Å². The Balaban J connectivity index is 2.36. The third kappa shape index (κ3) is 3.56. The smallest absolute Gasteiger partial charge is 0.236 e. The van der Waals surface area contributed by atoms with Gasteiger partial charge in [-0.25, -0.2) is 0 Å². The standard InChI is InChI=1S/C8H13Br2NO2/c9-2-1-7(10)8(12)11-3-5-13-6-4-11/h7H,1-6H2. The van der Waals surface area contributed by atoms with Gasteiger partial charge in [0.15, 0.2) is 0 Å². The third-order valence-electron chi connectivity index (χ3n) is 1.95. The molecule has 13 heavy (non-hydrogen) atoms. The Labute approximate surface area is 95.1 Å². The second-order valence-electron chi connectivity index (χ2n) is 2.88. The molecule has 1 amide bonds. The molecule has 1 heterocycles. The van der Waals surface area contributed by atoms with E-state index in [1.54, 1.807) is 0 Å². The molecule has 1 fully saturated rings. The quantitative estimate of drug-likeness (QED) is 0.737. The van der Waals surface area contributed by atoms with Crippen LogP contribution in [0.3, 0.4) is 0 Å². The van der Waals surface area contributed by atoms with Crippen molar-refractivity contribution in [1.29, 1.82) is 0 Å². The average Bonchev–Trinajstić information content (AvgIpc) is 2.18. The van der Waals surface area contributed by atoms with Crippen LogP contribution in [0.5, 0.6) is 0 Å². The number of hydrogen-bond donors (Lipinski definition) is 0. The molecule has 0 saturated carbocycles. The van der Waals surface area contributed by atoms with Gasteiger partial charge in [0.25, 0.3) is 0 Å². The Hall–Kier alpha value is 0.390. The highest BCUT2D eigenvalue weighted by atomic mass is 79.9. The van der Waals surface area contributed by atoms with Gasteiger partial charge in [0.1, 0.15) is 0 Å². The number of nitrogens with zero attached hydrogens (tertiary/aromatic N) is 1. The first-order valence-corrected chi connectivity index (χ1v) is 6.36. The van der Waals surface area contributed by atoms with Crippen LogP contribution in [0.4, 0.5) is 0 Å². The largest absolute Gasteiger partial charge is 0.378 e. The van der Waals surface area contributed by atoms with Crippen LogP contribution in [0.2, 0.25) is 0 Å². The number of hydrogen-bond acceptors (Lipinski definition) is 2. The van der Waals surface area contributed by atoms with Crippen molar-refractivity contribution in [1.82, 2.24) is 4.90 Å². The average molecular weight is 315 g/mol. The number of morpholine rings is 1. The summed E-state index contributed by atoms with van der Waals surface area (Å²) in [4.78, 5) is 13.5. The highest BCUT2D eigenvalue weighted by Crippen LogP contribution is 2.12. The van der Waals surface area contributed by atoms with Crippen LogP contribution in [-0.4, -0.2) is 47.3 Å². The molecule has 5 heteroatoms. The lowest BCUT2D eigenvalue weighted by Gasteiger charge is -2.28. The molecule has 0 aliphatic carbocycles. The Morgan fingerprint density at radius 2 is 2.08 bits per heavy atom. The van der Waals surface area contributed by atoms with Gasteiger partial charge in [-0.1, -0.05) is 31.9 Å². The first-order chi connectivity index (χ1) is 6.25. The number of amides is 1. The molecule has 0 bridgehead atoms. The third-order valence-corrected chi connectivity index (χ3v) is 3.26. The van der Waals surface area contributed by atoms with Crippen molar-refractivity contribution in [3.8, 4) is 0 Å². The van der Waals surface area contributed by atoms with Crippen molar-refractivity contribution < 1.29 is 9.53 Å². The van der Waals surface area contributed by atoms with E-state index >= 15 is 0 Å². The van der Waals surface area contributed by atoms with Crippen molar-refractivity contribution in [3.05, 3.63) is 0 Å². The highest BCUT2D eigenvalue weighted by Gasteiger charge is 2.22. The van der Waals surface area contributed by atoms with E-state index in [2.05, 4.69) is 31.9 Å². The minimum absolute atomic E-state index is 0.0509. The summed E-state index contributed by atoms with van der Waals surface area (Å²) < 4.78 is 5.17. The summed E-state index contributed by atoms with van der Waals surface area (Å²) in [7, 11) is 0. The highest BCUT2D eigenvalue weighted by molar-refractivity contribution is 9.10.